The summed E-state index contributed by atoms with van der Waals surface area (Å²) < 4.78 is 38.7. The zero-order valence-corrected chi connectivity index (χ0v) is 24.6. The molecule has 0 amide bonds. The number of nitrogens with one attached hydrogen (secondary N) is 1. The van der Waals surface area contributed by atoms with Gasteiger partial charge < -0.3 is 0 Å². The molecule has 182 valence electrons. The molecule has 0 bridgehead atoms. The van der Waals surface area contributed by atoms with Crippen molar-refractivity contribution in [2.75, 3.05) is 104 Å². The Morgan fingerprint density at radius 2 is 0.968 bits per heavy atom. The van der Waals surface area contributed by atoms with Crippen molar-refractivity contribution in [1.29, 1.82) is 0 Å². The lowest BCUT2D eigenvalue weighted by molar-refractivity contribution is 0.553. The van der Waals surface area contributed by atoms with E-state index in [1.807, 2.05) is 7.05 Å². The second-order valence-electron chi connectivity index (χ2n) is 8.90. The van der Waals surface area contributed by atoms with Crippen molar-refractivity contribution in [3.8, 4) is 0 Å². The molecule has 16 heteroatoms. The van der Waals surface area contributed by atoms with Gasteiger partial charge in [0.2, 0.25) is 30.0 Å². The highest BCUT2D eigenvalue weighted by atomic mass is 31.3. The molecule has 0 aromatic heterocycles. The van der Waals surface area contributed by atoms with Crippen LogP contribution in [0.1, 0.15) is 0 Å². The molecule has 0 aliphatic carbocycles. The molecule has 31 heavy (non-hydrogen) atoms. The molecule has 3 rings (SSSR count). The molecule has 0 aromatic rings. The van der Waals surface area contributed by atoms with Crippen LogP contribution in [-0.2, 0) is 0 Å². The molecule has 3 aliphatic heterocycles. The second-order valence-corrected chi connectivity index (χ2v) is 21.7. The predicted molar refractivity (Wildman–Crippen MR) is 138 cm³/mol. The van der Waals surface area contributed by atoms with E-state index in [9.17, 15) is 0 Å². The topological polar surface area (TPSA) is 83.7 Å². The van der Waals surface area contributed by atoms with Crippen LogP contribution >= 0.6 is 30.0 Å². The van der Waals surface area contributed by atoms with Crippen LogP contribution in [0.15, 0.2) is 18.1 Å². The van der Waals surface area contributed by atoms with Gasteiger partial charge in [-0.2, -0.15) is 18.1 Å². The van der Waals surface area contributed by atoms with Crippen molar-refractivity contribution in [2.24, 2.45) is 18.1 Å². The second kappa shape index (κ2) is 8.99. The number of rotatable bonds is 8. The Balaban J connectivity index is 2.59. The van der Waals surface area contributed by atoms with Gasteiger partial charge in [-0.25, -0.2) is 32.7 Å². The summed E-state index contributed by atoms with van der Waals surface area (Å²) in [4.78, 5) is 0. The van der Waals surface area contributed by atoms with Crippen molar-refractivity contribution in [1.82, 2.24) is 37.8 Å². The van der Waals surface area contributed by atoms with Gasteiger partial charge in [0, 0.05) is 26.2 Å². The molecular formula is C15H42N12P4. The predicted octanol–water partition coefficient (Wildman–Crippen LogP) is 3.44. The van der Waals surface area contributed by atoms with Gasteiger partial charge >= 0.3 is 0 Å². The zero-order chi connectivity index (χ0) is 23.4. The molecule has 0 aromatic carbocycles. The Morgan fingerprint density at radius 1 is 0.548 bits per heavy atom. The van der Waals surface area contributed by atoms with Gasteiger partial charge in [-0.1, -0.05) is 0 Å². The van der Waals surface area contributed by atoms with E-state index in [1.165, 1.54) is 0 Å². The van der Waals surface area contributed by atoms with E-state index in [4.69, 9.17) is 18.1 Å². The fourth-order valence-corrected chi connectivity index (χ4v) is 23.1. The van der Waals surface area contributed by atoms with E-state index in [0.717, 1.165) is 26.2 Å². The van der Waals surface area contributed by atoms with Gasteiger partial charge in [-0.3, -0.25) is 5.09 Å². The number of hydrogen-bond acceptors (Lipinski definition) is 12. The largest absolute Gasteiger partial charge is 0.256 e. The maximum Gasteiger partial charge on any atom is 0.220 e. The third kappa shape index (κ3) is 4.38. The lowest BCUT2D eigenvalue weighted by atomic mass is 11.0. The van der Waals surface area contributed by atoms with Gasteiger partial charge in [0.15, 0.2) is 0 Å². The Morgan fingerprint density at radius 3 is 1.29 bits per heavy atom. The molecule has 2 atom stereocenters. The summed E-state index contributed by atoms with van der Waals surface area (Å²) in [5.74, 6) is 0. The van der Waals surface area contributed by atoms with Gasteiger partial charge in [-0.05, 0) is 77.5 Å². The Kier molecular flexibility index (Phi) is 7.60. The SMILES string of the molecule is CNP1(N2CC2)=NP(N(C)C)(N(C)C)=NP(N(C)C)(N2CC2)=NP(N(C)C)(N(C)C)=N1. The monoisotopic (exact) mass is 514 g/mol. The fourth-order valence-electron chi connectivity index (χ4n) is 3.59. The van der Waals surface area contributed by atoms with E-state index in [-0.39, 0.29) is 0 Å². The standard InChI is InChI=1S/C15H42N12P4/c1-16-28(26-12-13-26)17-29(21(2)3,22(4)5)19-31(25(10)11,27-14-15-27)20-30(18-28,23(6)7)24(8)9/h16H,12-15H2,1-11H3. The summed E-state index contributed by atoms with van der Waals surface area (Å²) in [6.45, 7) is 4.03. The lowest BCUT2D eigenvalue weighted by Crippen LogP contribution is -2.26. The van der Waals surface area contributed by atoms with Crippen molar-refractivity contribution < 1.29 is 0 Å². The minimum atomic E-state index is -2.44. The summed E-state index contributed by atoms with van der Waals surface area (Å²) in [5, 5.41) is 3.60. The van der Waals surface area contributed by atoms with Crippen LogP contribution in [0.5, 0.6) is 0 Å². The first-order valence-electron chi connectivity index (χ1n) is 10.5. The molecule has 1 N–H and O–H groups in total. The van der Waals surface area contributed by atoms with Crippen molar-refractivity contribution in [3.63, 3.8) is 0 Å². The summed E-state index contributed by atoms with van der Waals surface area (Å²) in [5.41, 5.74) is 0. The first kappa shape index (κ1) is 26.2. The summed E-state index contributed by atoms with van der Waals surface area (Å²) in [6.07, 6.45) is 0. The highest BCUT2D eigenvalue weighted by Crippen LogP contribution is 2.82. The van der Waals surface area contributed by atoms with Gasteiger partial charge in [0.1, 0.15) is 0 Å². The maximum atomic E-state index is 5.74. The minimum Gasteiger partial charge on any atom is -0.256 e. The average Bonchev–Trinajstić information content (AvgIpc) is 3.54. The fraction of sp³-hybridized carbons (Fsp3) is 1.00. The molecule has 12 nitrogen and oxygen atoms in total. The highest BCUT2D eigenvalue weighted by Gasteiger charge is 2.49. The molecule has 3 aliphatic rings. The average molecular weight is 514 g/mol. The highest BCUT2D eigenvalue weighted by molar-refractivity contribution is 7.83. The lowest BCUT2D eigenvalue weighted by Gasteiger charge is -2.44. The molecule has 0 radical (unpaired) electrons. The van der Waals surface area contributed by atoms with Crippen LogP contribution < -0.4 is 5.09 Å². The first-order chi connectivity index (χ1) is 14.3. The van der Waals surface area contributed by atoms with E-state index < -0.39 is 30.0 Å². The molecule has 0 spiro atoms. The summed E-state index contributed by atoms with van der Waals surface area (Å²) >= 11 is 0. The van der Waals surface area contributed by atoms with Crippen molar-refractivity contribution in [2.45, 2.75) is 0 Å². The summed E-state index contributed by atoms with van der Waals surface area (Å²) in [7, 11) is 13.3. The van der Waals surface area contributed by atoms with Crippen LogP contribution in [0.4, 0.5) is 0 Å². The quantitative estimate of drug-likeness (QED) is 0.390. The van der Waals surface area contributed by atoms with Crippen molar-refractivity contribution >= 4 is 30.0 Å². The van der Waals surface area contributed by atoms with Gasteiger partial charge in [0.25, 0.3) is 0 Å². The minimum absolute atomic E-state index is 1.00. The van der Waals surface area contributed by atoms with Crippen LogP contribution in [0, 0.1) is 0 Å². The summed E-state index contributed by atoms with van der Waals surface area (Å²) in [6, 6.07) is 0. The van der Waals surface area contributed by atoms with E-state index in [2.05, 4.69) is 108 Å². The molecule has 3 heterocycles. The van der Waals surface area contributed by atoms with Crippen LogP contribution in [0.3, 0.4) is 0 Å². The molecular weight excluding hydrogens is 472 g/mol. The van der Waals surface area contributed by atoms with Crippen LogP contribution in [-0.4, -0.2) is 136 Å². The maximum absolute atomic E-state index is 5.74. The third-order valence-corrected chi connectivity index (χ3v) is 21.6. The van der Waals surface area contributed by atoms with Crippen LogP contribution in [0.25, 0.3) is 0 Å². The Labute approximate surface area is 189 Å². The molecule has 0 saturated carbocycles. The Bertz CT molecular complexity index is 869. The first-order valence-corrected chi connectivity index (χ1v) is 16.9. The molecule has 2 unspecified atom stereocenters. The van der Waals surface area contributed by atoms with Gasteiger partial charge in [-0.15, -0.1) is 0 Å². The van der Waals surface area contributed by atoms with E-state index in [1.54, 1.807) is 0 Å². The van der Waals surface area contributed by atoms with E-state index >= 15 is 0 Å². The smallest absolute Gasteiger partial charge is 0.220 e. The van der Waals surface area contributed by atoms with Crippen LogP contribution in [0.2, 0.25) is 0 Å². The zero-order valence-electron chi connectivity index (χ0n) is 21.0. The third-order valence-electron chi connectivity index (χ3n) is 5.57. The molecule has 2 saturated heterocycles. The Hall–Kier alpha value is 0.600. The number of nitrogens with zero attached hydrogens (tertiary/aromatic N) is 11. The normalized spacial score (nSPS) is 33.0. The van der Waals surface area contributed by atoms with Crippen molar-refractivity contribution in [3.05, 3.63) is 0 Å². The van der Waals surface area contributed by atoms with E-state index in [0.29, 0.717) is 0 Å². The molecule has 2 fully saturated rings. The van der Waals surface area contributed by atoms with Gasteiger partial charge in [0.05, 0.1) is 0 Å². The number of hydrogen-bond donors (Lipinski definition) is 1.